The number of carbonyl (C=O) groups excluding carboxylic acids is 1. The highest BCUT2D eigenvalue weighted by molar-refractivity contribution is 5.76. The number of nitrogens with one attached hydrogen (secondary N) is 2. The van der Waals surface area contributed by atoms with Gasteiger partial charge >= 0.3 is 5.69 Å². The van der Waals surface area contributed by atoms with E-state index < -0.39 is 23.0 Å². The molecule has 0 radical (unpaired) electrons. The van der Waals surface area contributed by atoms with Crippen molar-refractivity contribution in [2.24, 2.45) is 0 Å². The number of carbonyl (C=O) groups is 1. The lowest BCUT2D eigenvalue weighted by Gasteiger charge is -2.10. The van der Waals surface area contributed by atoms with Gasteiger partial charge in [-0.05, 0) is 5.56 Å². The summed E-state index contributed by atoms with van der Waals surface area (Å²) in [6, 6.07) is 8.40. The summed E-state index contributed by atoms with van der Waals surface area (Å²) in [7, 11) is 1.41. The molecule has 0 spiro atoms. The Bertz CT molecular complexity index is 746. The summed E-state index contributed by atoms with van der Waals surface area (Å²) < 4.78 is 0.808. The summed E-state index contributed by atoms with van der Waals surface area (Å²) in [6.45, 7) is -0.377. The zero-order valence-electron chi connectivity index (χ0n) is 10.7. The van der Waals surface area contributed by atoms with E-state index in [0.717, 1.165) is 4.57 Å². The number of hydrogen-bond acceptors (Lipinski definition) is 4. The topological polar surface area (TPSA) is 104 Å². The summed E-state index contributed by atoms with van der Waals surface area (Å²) in [5.74, 6) is -0.998. The van der Waals surface area contributed by atoms with Gasteiger partial charge in [0.15, 0.2) is 0 Å². The van der Waals surface area contributed by atoms with Crippen LogP contribution in [-0.4, -0.2) is 27.6 Å². The molecule has 1 heterocycles. The van der Waals surface area contributed by atoms with Crippen LogP contribution in [0.15, 0.2) is 39.9 Å². The maximum absolute atomic E-state index is 11.8. The fourth-order valence-corrected chi connectivity index (χ4v) is 1.79. The molecule has 7 nitrogen and oxygen atoms in total. The third kappa shape index (κ3) is 2.46. The van der Waals surface area contributed by atoms with Gasteiger partial charge in [-0.15, -0.1) is 0 Å². The smallest absolute Gasteiger partial charge is 0.331 e. The van der Waals surface area contributed by atoms with Crippen molar-refractivity contribution in [1.82, 2.24) is 14.9 Å². The first-order valence-electron chi connectivity index (χ1n) is 5.86. The van der Waals surface area contributed by atoms with E-state index in [1.54, 1.807) is 30.3 Å². The first-order valence-corrected chi connectivity index (χ1v) is 5.86. The Morgan fingerprint density at radius 3 is 2.55 bits per heavy atom. The number of nitrogens with zero attached hydrogens (tertiary/aromatic N) is 1. The molecule has 0 aliphatic carbocycles. The Hall–Kier alpha value is -2.83. The van der Waals surface area contributed by atoms with Gasteiger partial charge in [0.05, 0.1) is 0 Å². The van der Waals surface area contributed by atoms with E-state index in [1.807, 2.05) is 0 Å². The van der Waals surface area contributed by atoms with Crippen LogP contribution < -0.4 is 16.6 Å². The van der Waals surface area contributed by atoms with Gasteiger partial charge in [0.25, 0.3) is 5.56 Å². The maximum Gasteiger partial charge on any atom is 0.331 e. The van der Waals surface area contributed by atoms with Crippen LogP contribution in [-0.2, 0) is 11.3 Å². The summed E-state index contributed by atoms with van der Waals surface area (Å²) in [5.41, 5.74) is -1.13. The lowest BCUT2D eigenvalue weighted by molar-refractivity contribution is -0.121. The second-order valence-corrected chi connectivity index (χ2v) is 4.08. The van der Waals surface area contributed by atoms with Crippen molar-refractivity contribution >= 4 is 5.91 Å². The third-order valence-corrected chi connectivity index (χ3v) is 2.81. The molecule has 2 rings (SSSR count). The van der Waals surface area contributed by atoms with E-state index >= 15 is 0 Å². The second kappa shape index (κ2) is 5.43. The molecule has 3 N–H and O–H groups in total. The lowest BCUT2D eigenvalue weighted by Crippen LogP contribution is -2.35. The molecule has 20 heavy (non-hydrogen) atoms. The third-order valence-electron chi connectivity index (χ3n) is 2.81. The fraction of sp³-hybridized carbons (Fsp3) is 0.154. The highest BCUT2D eigenvalue weighted by Gasteiger charge is 2.17. The van der Waals surface area contributed by atoms with Crippen molar-refractivity contribution in [3.63, 3.8) is 0 Å². The quantitative estimate of drug-likeness (QED) is 0.712. The first kappa shape index (κ1) is 13.6. The largest absolute Gasteiger partial charge is 0.494 e. The Morgan fingerprint density at radius 2 is 1.95 bits per heavy atom. The summed E-state index contributed by atoms with van der Waals surface area (Å²) in [5, 5.41) is 12.5. The molecule has 0 unspecified atom stereocenters. The highest BCUT2D eigenvalue weighted by atomic mass is 16.3. The predicted molar refractivity (Wildman–Crippen MR) is 72.5 cm³/mol. The predicted octanol–water partition coefficient (Wildman–Crippen LogP) is -0.345. The van der Waals surface area contributed by atoms with Gasteiger partial charge in [0, 0.05) is 7.05 Å². The molecule has 0 aliphatic heterocycles. The fourth-order valence-electron chi connectivity index (χ4n) is 1.79. The van der Waals surface area contributed by atoms with E-state index in [4.69, 9.17) is 0 Å². The van der Waals surface area contributed by atoms with Crippen molar-refractivity contribution in [2.45, 2.75) is 6.54 Å². The Labute approximate surface area is 113 Å². The lowest BCUT2D eigenvalue weighted by atomic mass is 10.1. The standard InChI is InChI=1S/C13H13N3O4/c1-14-9(17)7-16-12(19)10(11(18)15-13(16)20)8-5-3-2-4-6-8/h2-6,19H,7H2,1H3,(H,14,17)(H,15,18,20). The van der Waals surface area contributed by atoms with Gasteiger partial charge in [-0.1, -0.05) is 30.3 Å². The monoisotopic (exact) mass is 275 g/mol. The number of hydrogen-bond donors (Lipinski definition) is 3. The van der Waals surface area contributed by atoms with Gasteiger partial charge in [-0.25, -0.2) is 4.79 Å². The molecule has 0 saturated carbocycles. The first-order chi connectivity index (χ1) is 9.54. The zero-order chi connectivity index (χ0) is 14.7. The minimum absolute atomic E-state index is 0.0471. The van der Waals surface area contributed by atoms with E-state index in [2.05, 4.69) is 10.3 Å². The molecule has 7 heteroatoms. The van der Waals surface area contributed by atoms with Crippen LogP contribution in [0.1, 0.15) is 0 Å². The van der Waals surface area contributed by atoms with Crippen LogP contribution in [0.25, 0.3) is 11.1 Å². The Balaban J connectivity index is 2.65. The summed E-state index contributed by atoms with van der Waals surface area (Å²) in [4.78, 5) is 36.9. The van der Waals surface area contributed by atoms with Crippen LogP contribution in [0.3, 0.4) is 0 Å². The minimum atomic E-state index is -0.837. The van der Waals surface area contributed by atoms with Crippen LogP contribution in [0.4, 0.5) is 0 Å². The molecule has 0 aliphatic rings. The zero-order valence-corrected chi connectivity index (χ0v) is 10.7. The molecule has 0 bridgehead atoms. The maximum atomic E-state index is 11.8. The molecule has 104 valence electrons. The average molecular weight is 275 g/mol. The number of H-pyrrole nitrogens is 1. The number of benzene rings is 1. The van der Waals surface area contributed by atoms with Crippen molar-refractivity contribution in [3.05, 3.63) is 51.2 Å². The van der Waals surface area contributed by atoms with E-state index in [-0.39, 0.29) is 12.1 Å². The molecule has 0 fully saturated rings. The molecule has 1 aromatic carbocycles. The molecule has 1 amide bonds. The highest BCUT2D eigenvalue weighted by Crippen LogP contribution is 2.23. The van der Waals surface area contributed by atoms with Crippen molar-refractivity contribution in [2.75, 3.05) is 7.05 Å². The molecule has 2 aromatic rings. The average Bonchev–Trinajstić information content (AvgIpc) is 2.44. The van der Waals surface area contributed by atoms with Crippen molar-refractivity contribution < 1.29 is 9.90 Å². The summed E-state index contributed by atoms with van der Waals surface area (Å²) >= 11 is 0. The normalized spacial score (nSPS) is 10.2. The van der Waals surface area contributed by atoms with Gasteiger partial charge < -0.3 is 10.4 Å². The van der Waals surface area contributed by atoms with E-state index in [9.17, 15) is 19.5 Å². The van der Waals surface area contributed by atoms with Crippen LogP contribution in [0.5, 0.6) is 5.88 Å². The van der Waals surface area contributed by atoms with Gasteiger partial charge in [0.2, 0.25) is 11.8 Å². The number of aromatic hydroxyl groups is 1. The summed E-state index contributed by atoms with van der Waals surface area (Å²) in [6.07, 6.45) is 0. The Morgan fingerprint density at radius 1 is 1.30 bits per heavy atom. The van der Waals surface area contributed by atoms with E-state index in [1.165, 1.54) is 7.05 Å². The second-order valence-electron chi connectivity index (χ2n) is 4.08. The molecule has 1 aromatic heterocycles. The SMILES string of the molecule is CNC(=O)Cn1c(O)c(-c2ccccc2)c(=O)[nH]c1=O. The molecule has 0 saturated heterocycles. The number of aromatic nitrogens is 2. The molecular weight excluding hydrogens is 262 g/mol. The van der Waals surface area contributed by atoms with Crippen molar-refractivity contribution in [1.29, 1.82) is 0 Å². The molecular formula is C13H13N3O4. The van der Waals surface area contributed by atoms with Crippen molar-refractivity contribution in [3.8, 4) is 17.0 Å². The Kier molecular flexibility index (Phi) is 3.69. The van der Waals surface area contributed by atoms with Crippen LogP contribution in [0, 0.1) is 0 Å². The minimum Gasteiger partial charge on any atom is -0.494 e. The van der Waals surface area contributed by atoms with E-state index in [0.29, 0.717) is 5.56 Å². The molecule has 0 atom stereocenters. The van der Waals surface area contributed by atoms with Crippen LogP contribution >= 0.6 is 0 Å². The number of amides is 1. The van der Waals surface area contributed by atoms with Gasteiger partial charge in [0.1, 0.15) is 12.1 Å². The van der Waals surface area contributed by atoms with Gasteiger partial charge in [-0.3, -0.25) is 19.1 Å². The number of rotatable bonds is 3. The van der Waals surface area contributed by atoms with Gasteiger partial charge in [-0.2, -0.15) is 0 Å². The van der Waals surface area contributed by atoms with Crippen LogP contribution in [0.2, 0.25) is 0 Å². The number of aromatic amines is 1. The number of likely N-dealkylation sites (N-methyl/N-ethyl adjacent to an activating group) is 1.